The van der Waals surface area contributed by atoms with Gasteiger partial charge in [0.15, 0.2) is 5.82 Å². The molecule has 106 valence electrons. The third-order valence-corrected chi connectivity index (χ3v) is 3.42. The maximum atomic E-state index is 13.4. The monoisotopic (exact) mass is 323 g/mol. The summed E-state index contributed by atoms with van der Waals surface area (Å²) >= 11 is 12.0. The van der Waals surface area contributed by atoms with Gasteiger partial charge in [0.1, 0.15) is 5.82 Å². The maximum absolute atomic E-state index is 13.4. The van der Waals surface area contributed by atoms with Gasteiger partial charge in [0.25, 0.3) is 0 Å². The number of anilines is 1. The van der Waals surface area contributed by atoms with E-state index in [4.69, 9.17) is 28.9 Å². The molecule has 5 nitrogen and oxygen atoms in total. The molecule has 0 bridgehead atoms. The topological polar surface area (TPSA) is 69.6 Å². The van der Waals surface area contributed by atoms with Crippen LogP contribution in [0.1, 0.15) is 0 Å². The minimum Gasteiger partial charge on any atom is -0.398 e. The van der Waals surface area contributed by atoms with Crippen LogP contribution in [0.5, 0.6) is 0 Å². The molecule has 0 saturated heterocycles. The van der Waals surface area contributed by atoms with Gasteiger partial charge in [-0.25, -0.2) is 4.39 Å². The third kappa shape index (κ3) is 2.55. The second-order valence-corrected chi connectivity index (χ2v) is 5.09. The Labute approximate surface area is 129 Å². The van der Waals surface area contributed by atoms with Crippen molar-refractivity contribution in [2.75, 3.05) is 5.73 Å². The first-order valence-corrected chi connectivity index (χ1v) is 6.61. The molecule has 2 aromatic carbocycles. The summed E-state index contributed by atoms with van der Waals surface area (Å²) in [6, 6.07) is 8.85. The second kappa shape index (κ2) is 5.31. The molecular weight excluding hydrogens is 316 g/mol. The number of halogens is 3. The quantitative estimate of drug-likeness (QED) is 0.734. The number of benzene rings is 2. The Morgan fingerprint density at radius 2 is 1.90 bits per heavy atom. The lowest BCUT2D eigenvalue weighted by molar-refractivity contribution is 0.625. The van der Waals surface area contributed by atoms with E-state index in [1.807, 2.05) is 0 Å². The van der Waals surface area contributed by atoms with Crippen molar-refractivity contribution in [3.05, 3.63) is 52.3 Å². The van der Waals surface area contributed by atoms with E-state index in [2.05, 4.69) is 15.5 Å². The van der Waals surface area contributed by atoms with Crippen molar-refractivity contribution in [3.8, 4) is 17.1 Å². The second-order valence-electron chi connectivity index (χ2n) is 4.24. The van der Waals surface area contributed by atoms with Crippen molar-refractivity contribution in [1.82, 2.24) is 20.2 Å². The predicted octanol–water partition coefficient (Wildman–Crippen LogP) is 3.36. The summed E-state index contributed by atoms with van der Waals surface area (Å²) in [7, 11) is 0. The number of aromatic nitrogens is 4. The van der Waals surface area contributed by atoms with Crippen LogP contribution in [0.15, 0.2) is 36.4 Å². The summed E-state index contributed by atoms with van der Waals surface area (Å²) in [5.41, 5.74) is 7.22. The van der Waals surface area contributed by atoms with Crippen LogP contribution in [0, 0.1) is 5.82 Å². The van der Waals surface area contributed by atoms with E-state index in [1.165, 1.54) is 22.9 Å². The van der Waals surface area contributed by atoms with Gasteiger partial charge in [-0.05, 0) is 40.8 Å². The number of nitrogens with two attached hydrogens (primary N) is 1. The van der Waals surface area contributed by atoms with Gasteiger partial charge in [-0.3, -0.25) is 0 Å². The zero-order valence-electron chi connectivity index (χ0n) is 10.5. The van der Waals surface area contributed by atoms with E-state index in [0.717, 1.165) is 0 Å². The lowest BCUT2D eigenvalue weighted by atomic mass is 10.1. The Morgan fingerprint density at radius 3 is 2.71 bits per heavy atom. The minimum atomic E-state index is -0.449. The molecule has 0 aliphatic rings. The first-order valence-electron chi connectivity index (χ1n) is 5.85. The molecule has 0 unspecified atom stereocenters. The summed E-state index contributed by atoms with van der Waals surface area (Å²) in [5.74, 6) is -0.127. The van der Waals surface area contributed by atoms with Crippen LogP contribution in [0.25, 0.3) is 17.1 Å². The molecule has 0 aliphatic carbocycles. The van der Waals surface area contributed by atoms with Crippen molar-refractivity contribution in [2.45, 2.75) is 0 Å². The van der Waals surface area contributed by atoms with Gasteiger partial charge < -0.3 is 5.73 Å². The number of hydrogen-bond donors (Lipinski definition) is 1. The fraction of sp³-hybridized carbons (Fsp3) is 0. The van der Waals surface area contributed by atoms with Gasteiger partial charge in [-0.15, -0.1) is 5.10 Å². The highest BCUT2D eigenvalue weighted by molar-refractivity contribution is 6.32. The van der Waals surface area contributed by atoms with Crippen LogP contribution >= 0.6 is 23.2 Å². The largest absolute Gasteiger partial charge is 0.398 e. The number of rotatable bonds is 2. The van der Waals surface area contributed by atoms with Crippen LogP contribution in [0.2, 0.25) is 10.0 Å². The lowest BCUT2D eigenvalue weighted by Crippen LogP contribution is -2.03. The van der Waals surface area contributed by atoms with E-state index in [9.17, 15) is 4.39 Å². The summed E-state index contributed by atoms with van der Waals surface area (Å²) in [4.78, 5) is 0. The average Bonchev–Trinajstić information content (AvgIpc) is 2.93. The van der Waals surface area contributed by atoms with Crippen LogP contribution in [-0.4, -0.2) is 20.2 Å². The molecule has 0 fully saturated rings. The van der Waals surface area contributed by atoms with Crippen molar-refractivity contribution in [3.63, 3.8) is 0 Å². The summed E-state index contributed by atoms with van der Waals surface area (Å²) < 4.78 is 14.7. The highest BCUT2D eigenvalue weighted by Crippen LogP contribution is 2.30. The Balaban J connectivity index is 2.22. The smallest absolute Gasteiger partial charge is 0.189 e. The van der Waals surface area contributed by atoms with Crippen LogP contribution in [0.3, 0.4) is 0 Å². The zero-order chi connectivity index (χ0) is 15.0. The van der Waals surface area contributed by atoms with Gasteiger partial charge in [-0.2, -0.15) is 4.68 Å². The Bertz CT molecular complexity index is 752. The van der Waals surface area contributed by atoms with Gasteiger partial charge in [0, 0.05) is 22.3 Å². The lowest BCUT2D eigenvalue weighted by Gasteiger charge is -2.08. The molecule has 0 amide bonds. The molecule has 3 rings (SSSR count). The first-order chi connectivity index (χ1) is 10.1. The van der Waals surface area contributed by atoms with E-state index >= 15 is 0 Å². The first kappa shape index (κ1) is 13.8. The van der Waals surface area contributed by atoms with Gasteiger partial charge in [0.2, 0.25) is 0 Å². The summed E-state index contributed by atoms with van der Waals surface area (Å²) in [5, 5.41) is 12.2. The highest BCUT2D eigenvalue weighted by atomic mass is 35.5. The SMILES string of the molecule is Nc1ccc(Cl)cc1-c1nnnn1-c1cc(F)ccc1Cl. The highest BCUT2D eigenvalue weighted by Gasteiger charge is 2.16. The van der Waals surface area contributed by atoms with E-state index in [0.29, 0.717) is 32.8 Å². The van der Waals surface area contributed by atoms with Crippen LogP contribution < -0.4 is 5.73 Å². The fourth-order valence-electron chi connectivity index (χ4n) is 1.89. The van der Waals surface area contributed by atoms with Crippen molar-refractivity contribution >= 4 is 28.9 Å². The molecule has 0 spiro atoms. The molecule has 0 saturated carbocycles. The molecule has 1 aromatic heterocycles. The number of nitrogen functional groups attached to an aromatic ring is 1. The van der Waals surface area contributed by atoms with Crippen molar-refractivity contribution < 1.29 is 4.39 Å². The molecule has 0 aliphatic heterocycles. The van der Waals surface area contributed by atoms with Crippen molar-refractivity contribution in [1.29, 1.82) is 0 Å². The van der Waals surface area contributed by atoms with Gasteiger partial charge in [0.05, 0.1) is 10.7 Å². The number of nitrogens with zero attached hydrogens (tertiary/aromatic N) is 4. The van der Waals surface area contributed by atoms with Crippen molar-refractivity contribution in [2.24, 2.45) is 0 Å². The van der Waals surface area contributed by atoms with Gasteiger partial charge >= 0.3 is 0 Å². The molecule has 21 heavy (non-hydrogen) atoms. The number of tetrazole rings is 1. The Kier molecular flexibility index (Phi) is 3.48. The predicted molar refractivity (Wildman–Crippen MR) is 79.0 cm³/mol. The average molecular weight is 324 g/mol. The minimum absolute atomic E-state index is 0.311. The molecule has 0 radical (unpaired) electrons. The number of hydrogen-bond acceptors (Lipinski definition) is 4. The van der Waals surface area contributed by atoms with Crippen LogP contribution in [0.4, 0.5) is 10.1 Å². The Morgan fingerprint density at radius 1 is 1.10 bits per heavy atom. The molecule has 1 heterocycles. The van der Waals surface area contributed by atoms with Gasteiger partial charge in [-0.1, -0.05) is 23.2 Å². The third-order valence-electron chi connectivity index (χ3n) is 2.86. The summed E-state index contributed by atoms with van der Waals surface area (Å²) in [6.07, 6.45) is 0. The summed E-state index contributed by atoms with van der Waals surface area (Å²) in [6.45, 7) is 0. The fourth-order valence-corrected chi connectivity index (χ4v) is 2.26. The Hall–Kier alpha value is -2.18. The standard InChI is InChI=1S/C13H8Cl2FN5/c14-7-1-4-11(17)9(5-7)13-18-19-20-21(13)12-6-8(16)2-3-10(12)15/h1-6H,17H2. The molecular formula is C13H8Cl2FN5. The van der Waals surface area contributed by atoms with Crippen LogP contribution in [-0.2, 0) is 0 Å². The maximum Gasteiger partial charge on any atom is 0.189 e. The van der Waals surface area contributed by atoms with E-state index < -0.39 is 5.82 Å². The molecule has 3 aromatic rings. The van der Waals surface area contributed by atoms with E-state index in [-0.39, 0.29) is 0 Å². The van der Waals surface area contributed by atoms with E-state index in [1.54, 1.807) is 18.2 Å². The molecule has 2 N–H and O–H groups in total. The molecule has 8 heteroatoms. The zero-order valence-corrected chi connectivity index (χ0v) is 12.0. The normalized spacial score (nSPS) is 10.8. The molecule has 0 atom stereocenters.